The summed E-state index contributed by atoms with van der Waals surface area (Å²) in [4.78, 5) is 26.2. The number of amides is 2. The highest BCUT2D eigenvalue weighted by atomic mass is 35.5. The first-order valence-electron chi connectivity index (χ1n) is 7.61. The number of nitrogens with two attached hydrogens (primary N) is 1. The second kappa shape index (κ2) is 7.61. The number of rotatable bonds is 5. The topological polar surface area (TPSA) is 75.4 Å². The Morgan fingerprint density at radius 2 is 2.27 bits per heavy atom. The summed E-state index contributed by atoms with van der Waals surface area (Å²) in [7, 11) is 0. The molecule has 0 saturated carbocycles. The molecule has 0 bridgehead atoms. The molecule has 2 rings (SSSR count). The summed E-state index contributed by atoms with van der Waals surface area (Å²) in [5, 5.41) is 3.51. The van der Waals surface area contributed by atoms with Crippen LogP contribution in [0.15, 0.2) is 24.3 Å². The molecule has 0 spiro atoms. The molecule has 2 amide bonds. The summed E-state index contributed by atoms with van der Waals surface area (Å²) in [5.74, 6) is -0.267. The highest BCUT2D eigenvalue weighted by Crippen LogP contribution is 2.19. The van der Waals surface area contributed by atoms with Gasteiger partial charge in [0, 0.05) is 18.1 Å². The Hall–Kier alpha value is -1.59. The minimum Gasteiger partial charge on any atom is -0.350 e. The Morgan fingerprint density at radius 1 is 1.50 bits per heavy atom. The molecule has 5 nitrogen and oxygen atoms in total. The second-order valence-corrected chi connectivity index (χ2v) is 5.99. The van der Waals surface area contributed by atoms with Gasteiger partial charge in [0.2, 0.25) is 11.8 Å². The number of benzene rings is 1. The van der Waals surface area contributed by atoms with Crippen molar-refractivity contribution in [3.05, 3.63) is 34.9 Å². The van der Waals surface area contributed by atoms with E-state index in [1.165, 1.54) is 0 Å². The third-order valence-corrected chi connectivity index (χ3v) is 4.19. The molecular weight excluding hydrogens is 302 g/mol. The molecular formula is C16H22ClN3O2. The third-order valence-electron chi connectivity index (χ3n) is 3.95. The highest BCUT2D eigenvalue weighted by Gasteiger charge is 2.35. The maximum absolute atomic E-state index is 12.4. The number of nitrogens with one attached hydrogen (secondary N) is 1. The van der Waals surface area contributed by atoms with Crippen molar-refractivity contribution in [3.63, 3.8) is 0 Å². The largest absolute Gasteiger partial charge is 0.350 e. The standard InChI is InChI=1S/C16H22ClN3O2/c1-2-13(18)16(22)20-8-4-7-14(20)15(21)19-10-11-5-3-6-12(17)9-11/h3,5-6,9,13-14H,2,4,7-8,10,18H2,1H3,(H,19,21)/t13?,14-/m0/s1. The van der Waals surface area contributed by atoms with E-state index < -0.39 is 12.1 Å². The molecule has 1 aliphatic heterocycles. The van der Waals surface area contributed by atoms with Crippen molar-refractivity contribution >= 4 is 23.4 Å². The summed E-state index contributed by atoms with van der Waals surface area (Å²) >= 11 is 5.92. The Labute approximate surface area is 135 Å². The number of hydrogen-bond acceptors (Lipinski definition) is 3. The fraction of sp³-hybridized carbons (Fsp3) is 0.500. The van der Waals surface area contributed by atoms with Crippen LogP contribution in [0.25, 0.3) is 0 Å². The second-order valence-electron chi connectivity index (χ2n) is 5.55. The van der Waals surface area contributed by atoms with Gasteiger partial charge in [-0.25, -0.2) is 0 Å². The Morgan fingerprint density at radius 3 is 2.95 bits per heavy atom. The van der Waals surface area contributed by atoms with Gasteiger partial charge in [-0.15, -0.1) is 0 Å². The molecule has 1 aliphatic rings. The molecule has 1 aromatic rings. The molecule has 1 heterocycles. The van der Waals surface area contributed by atoms with Crippen molar-refractivity contribution in [1.29, 1.82) is 0 Å². The fourth-order valence-electron chi connectivity index (χ4n) is 2.64. The average Bonchev–Trinajstić information content (AvgIpc) is 3.00. The van der Waals surface area contributed by atoms with E-state index >= 15 is 0 Å². The van der Waals surface area contributed by atoms with E-state index in [9.17, 15) is 9.59 Å². The minimum atomic E-state index is -0.527. The van der Waals surface area contributed by atoms with Crippen LogP contribution in [0.4, 0.5) is 0 Å². The van der Waals surface area contributed by atoms with Gasteiger partial charge in [-0.2, -0.15) is 0 Å². The predicted molar refractivity (Wildman–Crippen MR) is 86.3 cm³/mol. The molecule has 3 N–H and O–H groups in total. The molecule has 0 aliphatic carbocycles. The van der Waals surface area contributed by atoms with E-state index in [-0.39, 0.29) is 11.8 Å². The monoisotopic (exact) mass is 323 g/mol. The zero-order chi connectivity index (χ0) is 16.1. The molecule has 1 unspecified atom stereocenters. The first-order valence-corrected chi connectivity index (χ1v) is 7.99. The van der Waals surface area contributed by atoms with Gasteiger partial charge in [0.05, 0.1) is 6.04 Å². The molecule has 6 heteroatoms. The Balaban J connectivity index is 1.95. The molecule has 120 valence electrons. The quantitative estimate of drug-likeness (QED) is 0.865. The fourth-order valence-corrected chi connectivity index (χ4v) is 2.86. The zero-order valence-corrected chi connectivity index (χ0v) is 13.5. The van der Waals surface area contributed by atoms with Gasteiger partial charge < -0.3 is 16.0 Å². The average molecular weight is 324 g/mol. The van der Waals surface area contributed by atoms with Crippen LogP contribution in [-0.2, 0) is 16.1 Å². The van der Waals surface area contributed by atoms with E-state index in [0.29, 0.717) is 31.0 Å². The summed E-state index contributed by atoms with van der Waals surface area (Å²) in [6, 6.07) is 6.40. The van der Waals surface area contributed by atoms with Crippen molar-refractivity contribution in [2.75, 3.05) is 6.54 Å². The van der Waals surface area contributed by atoms with Crippen LogP contribution in [0.2, 0.25) is 5.02 Å². The van der Waals surface area contributed by atoms with Crippen LogP contribution in [0.1, 0.15) is 31.7 Å². The summed E-state index contributed by atoms with van der Waals surface area (Å²) < 4.78 is 0. The zero-order valence-electron chi connectivity index (χ0n) is 12.7. The summed E-state index contributed by atoms with van der Waals surface area (Å²) in [5.41, 5.74) is 6.74. The van der Waals surface area contributed by atoms with Gasteiger partial charge in [0.1, 0.15) is 6.04 Å². The molecule has 1 aromatic carbocycles. The van der Waals surface area contributed by atoms with Crippen molar-refractivity contribution in [2.24, 2.45) is 5.73 Å². The number of nitrogens with zero attached hydrogens (tertiary/aromatic N) is 1. The number of carbonyl (C=O) groups excluding carboxylic acids is 2. The van der Waals surface area contributed by atoms with Crippen molar-refractivity contribution in [3.8, 4) is 0 Å². The normalized spacial score (nSPS) is 19.0. The predicted octanol–water partition coefficient (Wildman–Crippen LogP) is 1.68. The van der Waals surface area contributed by atoms with Crippen molar-refractivity contribution < 1.29 is 9.59 Å². The van der Waals surface area contributed by atoms with Gasteiger partial charge in [-0.1, -0.05) is 30.7 Å². The van der Waals surface area contributed by atoms with Gasteiger partial charge in [0.25, 0.3) is 0 Å². The van der Waals surface area contributed by atoms with Crippen LogP contribution < -0.4 is 11.1 Å². The van der Waals surface area contributed by atoms with E-state index in [0.717, 1.165) is 12.0 Å². The Kier molecular flexibility index (Phi) is 5.80. The lowest BCUT2D eigenvalue weighted by atomic mass is 10.1. The Bertz CT molecular complexity index is 550. The lowest BCUT2D eigenvalue weighted by molar-refractivity contribution is -0.139. The van der Waals surface area contributed by atoms with E-state index in [2.05, 4.69) is 5.32 Å². The molecule has 2 atom stereocenters. The van der Waals surface area contributed by atoms with E-state index in [1.54, 1.807) is 11.0 Å². The van der Waals surface area contributed by atoms with Crippen molar-refractivity contribution in [1.82, 2.24) is 10.2 Å². The molecule has 0 aromatic heterocycles. The maximum atomic E-state index is 12.4. The number of halogens is 1. The first kappa shape index (κ1) is 16.8. The minimum absolute atomic E-state index is 0.130. The molecule has 22 heavy (non-hydrogen) atoms. The first-order chi connectivity index (χ1) is 10.5. The van der Waals surface area contributed by atoms with Gasteiger partial charge >= 0.3 is 0 Å². The van der Waals surface area contributed by atoms with E-state index in [4.69, 9.17) is 17.3 Å². The lowest BCUT2D eigenvalue weighted by Crippen LogP contribution is -2.50. The molecule has 1 fully saturated rings. The highest BCUT2D eigenvalue weighted by molar-refractivity contribution is 6.30. The van der Waals surface area contributed by atoms with Gasteiger partial charge in [0.15, 0.2) is 0 Å². The van der Waals surface area contributed by atoms with E-state index in [1.807, 2.05) is 25.1 Å². The maximum Gasteiger partial charge on any atom is 0.243 e. The summed E-state index contributed by atoms with van der Waals surface area (Å²) in [6.45, 7) is 2.87. The van der Waals surface area contributed by atoms with Crippen LogP contribution in [0.3, 0.4) is 0 Å². The third kappa shape index (κ3) is 3.99. The van der Waals surface area contributed by atoms with Crippen LogP contribution in [-0.4, -0.2) is 35.3 Å². The number of likely N-dealkylation sites (tertiary alicyclic amines) is 1. The van der Waals surface area contributed by atoms with Crippen molar-refractivity contribution in [2.45, 2.75) is 44.8 Å². The van der Waals surface area contributed by atoms with Gasteiger partial charge in [-0.3, -0.25) is 9.59 Å². The lowest BCUT2D eigenvalue weighted by Gasteiger charge is -2.26. The van der Waals surface area contributed by atoms with Crippen LogP contribution >= 0.6 is 11.6 Å². The SMILES string of the molecule is CCC(N)C(=O)N1CCC[C@H]1C(=O)NCc1cccc(Cl)c1. The number of carbonyl (C=O) groups is 2. The number of hydrogen-bond donors (Lipinski definition) is 2. The van der Waals surface area contributed by atoms with Crippen LogP contribution in [0, 0.1) is 0 Å². The van der Waals surface area contributed by atoms with Gasteiger partial charge in [-0.05, 0) is 37.0 Å². The molecule has 1 saturated heterocycles. The van der Waals surface area contributed by atoms with Crippen LogP contribution in [0.5, 0.6) is 0 Å². The molecule has 0 radical (unpaired) electrons. The smallest absolute Gasteiger partial charge is 0.243 e. The summed E-state index contributed by atoms with van der Waals surface area (Å²) in [6.07, 6.45) is 2.09.